The van der Waals surface area contributed by atoms with Crippen molar-refractivity contribution in [2.75, 3.05) is 0 Å². The second-order valence-electron chi connectivity index (χ2n) is 4.49. The van der Waals surface area contributed by atoms with Crippen LogP contribution in [0.5, 0.6) is 0 Å². The van der Waals surface area contributed by atoms with Crippen LogP contribution in [0.1, 0.15) is 12.5 Å². The fourth-order valence-electron chi connectivity index (χ4n) is 2.10. The predicted octanol–water partition coefficient (Wildman–Crippen LogP) is 3.78. The zero-order chi connectivity index (χ0) is 14.2. The van der Waals surface area contributed by atoms with E-state index in [1.165, 1.54) is 6.33 Å². The third kappa shape index (κ3) is 2.21. The Hall–Kier alpha value is -1.78. The van der Waals surface area contributed by atoms with Crippen molar-refractivity contribution < 1.29 is 0 Å². The predicted molar refractivity (Wildman–Crippen MR) is 81.8 cm³/mol. The Bertz CT molecular complexity index is 713. The second-order valence-corrected chi connectivity index (χ2v) is 5.33. The van der Waals surface area contributed by atoms with Gasteiger partial charge in [-0.2, -0.15) is 0 Å². The maximum atomic E-state index is 6.27. The molecule has 4 nitrogen and oxygen atoms in total. The number of hydrogen-bond donors (Lipinski definition) is 0. The van der Waals surface area contributed by atoms with Gasteiger partial charge in [0.1, 0.15) is 6.33 Å². The number of halogens is 2. The van der Waals surface area contributed by atoms with Crippen LogP contribution in [0.3, 0.4) is 0 Å². The molecule has 0 N–H and O–H groups in total. The van der Waals surface area contributed by atoms with Crippen LogP contribution in [0.4, 0.5) is 0 Å². The van der Waals surface area contributed by atoms with Crippen molar-refractivity contribution >= 4 is 35.6 Å². The molecule has 20 heavy (non-hydrogen) atoms. The molecule has 1 aromatic carbocycles. The topological polar surface area (TPSA) is 50.5 Å². The minimum absolute atomic E-state index is 0.534. The molecule has 1 aliphatic rings. The van der Waals surface area contributed by atoms with Crippen molar-refractivity contribution in [2.45, 2.75) is 12.6 Å². The van der Waals surface area contributed by atoms with Gasteiger partial charge in [-0.3, -0.25) is 9.98 Å². The van der Waals surface area contributed by atoms with Gasteiger partial charge in [0.25, 0.3) is 0 Å². The summed E-state index contributed by atoms with van der Waals surface area (Å²) in [7, 11) is 0. The second kappa shape index (κ2) is 4.96. The third-order valence-corrected chi connectivity index (χ3v) is 3.68. The Balaban J connectivity index is 2.20. The van der Waals surface area contributed by atoms with E-state index < -0.39 is 5.66 Å². The zero-order valence-corrected chi connectivity index (χ0v) is 12.1. The molecule has 0 radical (unpaired) electrons. The Morgan fingerprint density at radius 1 is 1.10 bits per heavy atom. The summed E-state index contributed by atoms with van der Waals surface area (Å²) in [5.41, 5.74) is 1.58. The zero-order valence-electron chi connectivity index (χ0n) is 10.6. The van der Waals surface area contributed by atoms with Gasteiger partial charge in [0.15, 0.2) is 5.66 Å². The molecule has 0 atom stereocenters. The number of aromatic nitrogens is 2. The standard InChI is InChI=1S/C14H10Cl2N4/c1-14(19-4-5-20-14)11-7-17-8-18-13(11)10-3-2-9(15)6-12(10)16/h2-8H,1H3. The Kier molecular flexibility index (Phi) is 3.28. The number of benzene rings is 1. The fourth-order valence-corrected chi connectivity index (χ4v) is 2.60. The number of aliphatic imine (C=N–C) groups is 2. The molecule has 0 fully saturated rings. The van der Waals surface area contributed by atoms with Gasteiger partial charge in [-0.15, -0.1) is 0 Å². The van der Waals surface area contributed by atoms with E-state index in [0.717, 1.165) is 11.1 Å². The summed E-state index contributed by atoms with van der Waals surface area (Å²) in [6, 6.07) is 5.30. The molecule has 3 rings (SSSR count). The summed E-state index contributed by atoms with van der Waals surface area (Å²) < 4.78 is 0. The van der Waals surface area contributed by atoms with E-state index in [9.17, 15) is 0 Å². The fraction of sp³-hybridized carbons (Fsp3) is 0.143. The molecule has 0 spiro atoms. The molecule has 0 saturated carbocycles. The van der Waals surface area contributed by atoms with Gasteiger partial charge in [0, 0.05) is 34.8 Å². The quantitative estimate of drug-likeness (QED) is 0.848. The van der Waals surface area contributed by atoms with E-state index in [2.05, 4.69) is 20.0 Å². The first-order chi connectivity index (χ1) is 9.60. The Morgan fingerprint density at radius 2 is 1.85 bits per heavy atom. The van der Waals surface area contributed by atoms with Crippen LogP contribution >= 0.6 is 23.2 Å². The summed E-state index contributed by atoms with van der Waals surface area (Å²) >= 11 is 12.2. The Labute approximate surface area is 126 Å². The van der Waals surface area contributed by atoms with Gasteiger partial charge in [-0.1, -0.05) is 23.2 Å². The molecule has 0 saturated heterocycles. The summed E-state index contributed by atoms with van der Waals surface area (Å²) in [6.07, 6.45) is 6.53. The van der Waals surface area contributed by atoms with Crippen LogP contribution < -0.4 is 0 Å². The maximum absolute atomic E-state index is 6.27. The minimum Gasteiger partial charge on any atom is -0.257 e. The van der Waals surface area contributed by atoms with Crippen molar-refractivity contribution in [3.05, 3.63) is 46.3 Å². The Morgan fingerprint density at radius 3 is 2.55 bits per heavy atom. The van der Waals surface area contributed by atoms with Gasteiger partial charge in [-0.25, -0.2) is 9.97 Å². The van der Waals surface area contributed by atoms with E-state index in [1.807, 2.05) is 13.0 Å². The van der Waals surface area contributed by atoms with Crippen molar-refractivity contribution in [1.29, 1.82) is 0 Å². The first kappa shape index (κ1) is 13.2. The lowest BCUT2D eigenvalue weighted by Gasteiger charge is -2.20. The number of rotatable bonds is 2. The van der Waals surface area contributed by atoms with E-state index in [-0.39, 0.29) is 0 Å². The van der Waals surface area contributed by atoms with Gasteiger partial charge >= 0.3 is 0 Å². The first-order valence-corrected chi connectivity index (χ1v) is 6.71. The monoisotopic (exact) mass is 304 g/mol. The summed E-state index contributed by atoms with van der Waals surface area (Å²) in [5, 5.41) is 1.12. The number of nitrogens with zero attached hydrogens (tertiary/aromatic N) is 4. The SMILES string of the molecule is CC1(c2cncnc2-c2ccc(Cl)cc2Cl)N=CC=N1. The van der Waals surface area contributed by atoms with E-state index in [4.69, 9.17) is 23.2 Å². The van der Waals surface area contributed by atoms with Crippen LogP contribution in [0.2, 0.25) is 10.0 Å². The molecule has 2 heterocycles. The highest BCUT2D eigenvalue weighted by atomic mass is 35.5. The maximum Gasteiger partial charge on any atom is 0.176 e. The molecule has 100 valence electrons. The number of hydrogen-bond acceptors (Lipinski definition) is 4. The summed E-state index contributed by atoms with van der Waals surface area (Å²) in [5.74, 6) is 0. The average molecular weight is 305 g/mol. The summed E-state index contributed by atoms with van der Waals surface area (Å²) in [4.78, 5) is 17.2. The van der Waals surface area contributed by atoms with Crippen molar-refractivity contribution in [1.82, 2.24) is 9.97 Å². The van der Waals surface area contributed by atoms with Crippen molar-refractivity contribution in [2.24, 2.45) is 9.98 Å². The first-order valence-electron chi connectivity index (χ1n) is 5.95. The van der Waals surface area contributed by atoms with Crippen LogP contribution in [0.15, 0.2) is 40.7 Å². The van der Waals surface area contributed by atoms with Crippen molar-refractivity contribution in [3.63, 3.8) is 0 Å². The van der Waals surface area contributed by atoms with Gasteiger partial charge < -0.3 is 0 Å². The molecule has 0 bridgehead atoms. The largest absolute Gasteiger partial charge is 0.257 e. The molecule has 0 amide bonds. The highest BCUT2D eigenvalue weighted by Gasteiger charge is 2.30. The third-order valence-electron chi connectivity index (χ3n) is 3.13. The average Bonchev–Trinajstić information content (AvgIpc) is 2.87. The van der Waals surface area contributed by atoms with Crippen LogP contribution in [-0.4, -0.2) is 22.4 Å². The van der Waals surface area contributed by atoms with Gasteiger partial charge in [0.2, 0.25) is 0 Å². The minimum atomic E-state index is -0.709. The van der Waals surface area contributed by atoms with Crippen LogP contribution in [-0.2, 0) is 5.66 Å². The molecule has 0 unspecified atom stereocenters. The normalized spacial score (nSPS) is 15.8. The van der Waals surface area contributed by atoms with Gasteiger partial charge in [0.05, 0.1) is 10.7 Å². The van der Waals surface area contributed by atoms with E-state index >= 15 is 0 Å². The van der Waals surface area contributed by atoms with Crippen molar-refractivity contribution in [3.8, 4) is 11.3 Å². The molecule has 2 aromatic rings. The molecular formula is C14H10Cl2N4. The van der Waals surface area contributed by atoms with E-state index in [1.54, 1.807) is 30.8 Å². The smallest absolute Gasteiger partial charge is 0.176 e. The molecule has 0 aliphatic carbocycles. The van der Waals surface area contributed by atoms with Gasteiger partial charge in [-0.05, 0) is 25.1 Å². The summed E-state index contributed by atoms with van der Waals surface area (Å²) in [6.45, 7) is 1.90. The lowest BCUT2D eigenvalue weighted by Crippen LogP contribution is -2.16. The molecule has 1 aliphatic heterocycles. The molecule has 1 aromatic heterocycles. The molecular weight excluding hydrogens is 295 g/mol. The van der Waals surface area contributed by atoms with Crippen LogP contribution in [0.25, 0.3) is 11.3 Å². The lowest BCUT2D eigenvalue weighted by molar-refractivity contribution is 0.540. The lowest BCUT2D eigenvalue weighted by atomic mass is 9.98. The highest BCUT2D eigenvalue weighted by Crippen LogP contribution is 2.37. The van der Waals surface area contributed by atoms with Crippen LogP contribution in [0, 0.1) is 0 Å². The van der Waals surface area contributed by atoms with E-state index in [0.29, 0.717) is 15.7 Å². The highest BCUT2D eigenvalue weighted by molar-refractivity contribution is 6.36. The molecule has 6 heteroatoms.